The Morgan fingerprint density at radius 3 is 2.84 bits per heavy atom. The van der Waals surface area contributed by atoms with Crippen LogP contribution in [0.1, 0.15) is 42.2 Å². The second kappa shape index (κ2) is 4.14. The summed E-state index contributed by atoms with van der Waals surface area (Å²) in [6.45, 7) is 6.08. The molecule has 2 aromatic rings. The lowest BCUT2D eigenvalue weighted by Gasteiger charge is -1.95. The second-order valence-corrected chi connectivity index (χ2v) is 6.55. The minimum Gasteiger partial charge on any atom is -0.339 e. The summed E-state index contributed by atoms with van der Waals surface area (Å²) in [5.74, 6) is 1.26. The van der Waals surface area contributed by atoms with E-state index in [0.717, 1.165) is 10.7 Å². The van der Waals surface area contributed by atoms with E-state index in [1.165, 1.54) is 0 Å². The first kappa shape index (κ1) is 12.3. The summed E-state index contributed by atoms with van der Waals surface area (Å²) in [4.78, 5) is 8.79. The van der Waals surface area contributed by atoms with E-state index in [1.54, 1.807) is 11.3 Å². The van der Waals surface area contributed by atoms with E-state index in [1.807, 2.05) is 12.3 Å². The zero-order valence-electron chi connectivity index (χ0n) is 11.0. The summed E-state index contributed by atoms with van der Waals surface area (Å²) in [6.07, 6.45) is 0.582. The van der Waals surface area contributed by atoms with Gasteiger partial charge in [-0.2, -0.15) is 10.2 Å². The van der Waals surface area contributed by atoms with Gasteiger partial charge in [-0.3, -0.25) is 0 Å². The average molecular weight is 274 g/mol. The lowest BCUT2D eigenvalue weighted by molar-refractivity contribution is 0.363. The molecule has 6 heteroatoms. The van der Waals surface area contributed by atoms with E-state index >= 15 is 0 Å². The van der Waals surface area contributed by atoms with Gasteiger partial charge in [0.05, 0.1) is 35.0 Å². The molecule has 1 aliphatic rings. The van der Waals surface area contributed by atoms with E-state index in [-0.39, 0.29) is 17.3 Å². The Hall–Kier alpha value is -1.74. The van der Waals surface area contributed by atoms with Crippen molar-refractivity contribution in [1.29, 1.82) is 5.26 Å². The lowest BCUT2D eigenvalue weighted by atomic mass is 10.1. The van der Waals surface area contributed by atoms with E-state index < -0.39 is 0 Å². The molecule has 2 unspecified atom stereocenters. The highest BCUT2D eigenvalue weighted by atomic mass is 32.1. The monoisotopic (exact) mass is 274 g/mol. The van der Waals surface area contributed by atoms with Crippen LogP contribution in [0, 0.1) is 29.6 Å². The van der Waals surface area contributed by atoms with Crippen molar-refractivity contribution in [1.82, 2.24) is 15.1 Å². The van der Waals surface area contributed by atoms with Crippen LogP contribution in [0.3, 0.4) is 0 Å². The van der Waals surface area contributed by atoms with Gasteiger partial charge in [-0.15, -0.1) is 11.3 Å². The number of hydrogen-bond donors (Lipinski definition) is 0. The molecule has 1 aliphatic carbocycles. The number of nitriles is 1. The predicted molar refractivity (Wildman–Crippen MR) is 69.6 cm³/mol. The van der Waals surface area contributed by atoms with E-state index in [2.05, 4.69) is 35.0 Å². The summed E-state index contributed by atoms with van der Waals surface area (Å²) in [5.41, 5.74) is 0.900. The molecule has 5 nitrogen and oxygen atoms in total. The number of aromatic nitrogens is 3. The topological polar surface area (TPSA) is 75.6 Å². The summed E-state index contributed by atoms with van der Waals surface area (Å²) < 4.78 is 5.30. The van der Waals surface area contributed by atoms with Crippen molar-refractivity contribution in [3.63, 3.8) is 0 Å². The minimum absolute atomic E-state index is 0.0256. The maximum absolute atomic E-state index is 9.07. The molecule has 2 atom stereocenters. The Morgan fingerprint density at radius 1 is 1.47 bits per heavy atom. The van der Waals surface area contributed by atoms with E-state index in [9.17, 15) is 0 Å². The SMILES string of the molecule is Cc1nc(Cc2noc(C3C(C#N)C3(C)C)n2)cs1. The molecule has 0 saturated heterocycles. The maximum Gasteiger partial charge on any atom is 0.231 e. The van der Waals surface area contributed by atoms with Crippen LogP contribution in [0.4, 0.5) is 0 Å². The number of hydrogen-bond acceptors (Lipinski definition) is 6. The Morgan fingerprint density at radius 2 is 2.26 bits per heavy atom. The Balaban J connectivity index is 1.76. The average Bonchev–Trinajstić information content (AvgIpc) is 2.77. The highest BCUT2D eigenvalue weighted by Gasteiger charge is 2.62. The molecule has 98 valence electrons. The van der Waals surface area contributed by atoms with Crippen molar-refractivity contribution in [2.45, 2.75) is 33.1 Å². The maximum atomic E-state index is 9.07. The Kier molecular flexibility index (Phi) is 2.68. The molecule has 0 bridgehead atoms. The molecule has 0 radical (unpaired) electrons. The standard InChI is InChI=1S/C13H14N4OS/c1-7-15-8(6-19-7)4-10-16-12(18-17-10)11-9(5-14)13(11,2)3/h6,9,11H,4H2,1-3H3. The predicted octanol–water partition coefficient (Wildman–Crippen LogP) is 2.69. The first-order valence-electron chi connectivity index (χ1n) is 6.15. The van der Waals surface area contributed by atoms with Crippen LogP contribution in [0.5, 0.6) is 0 Å². The summed E-state index contributed by atoms with van der Waals surface area (Å²) in [6, 6.07) is 2.30. The summed E-state index contributed by atoms with van der Waals surface area (Å²) in [5, 5.41) is 16.1. The number of rotatable bonds is 3. The molecular formula is C13H14N4OS. The van der Waals surface area contributed by atoms with Crippen LogP contribution in [-0.2, 0) is 6.42 Å². The second-order valence-electron chi connectivity index (χ2n) is 5.49. The Labute approximate surface area is 115 Å². The molecular weight excluding hydrogens is 260 g/mol. The molecule has 0 spiro atoms. The third kappa shape index (κ3) is 2.04. The minimum atomic E-state index is -0.0597. The lowest BCUT2D eigenvalue weighted by Crippen LogP contribution is -1.93. The van der Waals surface area contributed by atoms with Crippen LogP contribution in [0.25, 0.3) is 0 Å². The van der Waals surface area contributed by atoms with Crippen molar-refractivity contribution in [3.8, 4) is 6.07 Å². The van der Waals surface area contributed by atoms with Gasteiger partial charge in [-0.1, -0.05) is 19.0 Å². The molecule has 1 saturated carbocycles. The number of thiazole rings is 1. The molecule has 2 heterocycles. The Bertz CT molecular complexity index is 652. The van der Waals surface area contributed by atoms with Gasteiger partial charge in [0.25, 0.3) is 0 Å². The zero-order chi connectivity index (χ0) is 13.6. The van der Waals surface area contributed by atoms with Gasteiger partial charge < -0.3 is 4.52 Å². The first-order valence-corrected chi connectivity index (χ1v) is 7.03. The first-order chi connectivity index (χ1) is 9.02. The molecule has 0 amide bonds. The summed E-state index contributed by atoms with van der Waals surface area (Å²) in [7, 11) is 0. The van der Waals surface area contributed by atoms with Crippen LogP contribution in [0.2, 0.25) is 0 Å². The third-order valence-corrected chi connectivity index (χ3v) is 4.54. The van der Waals surface area contributed by atoms with E-state index in [4.69, 9.17) is 9.78 Å². The van der Waals surface area contributed by atoms with Gasteiger partial charge in [-0.05, 0) is 12.3 Å². The fourth-order valence-electron chi connectivity index (χ4n) is 2.46. The van der Waals surface area contributed by atoms with Crippen molar-refractivity contribution < 1.29 is 4.52 Å². The smallest absolute Gasteiger partial charge is 0.231 e. The van der Waals surface area contributed by atoms with Gasteiger partial charge in [-0.25, -0.2) is 4.98 Å². The van der Waals surface area contributed by atoms with Crippen LogP contribution < -0.4 is 0 Å². The van der Waals surface area contributed by atoms with Crippen LogP contribution >= 0.6 is 11.3 Å². The van der Waals surface area contributed by atoms with Gasteiger partial charge in [0.2, 0.25) is 5.89 Å². The quantitative estimate of drug-likeness (QED) is 0.860. The normalized spacial score (nSPS) is 24.1. The van der Waals surface area contributed by atoms with Crippen molar-refractivity contribution in [2.75, 3.05) is 0 Å². The highest BCUT2D eigenvalue weighted by Crippen LogP contribution is 2.63. The molecule has 19 heavy (non-hydrogen) atoms. The fraction of sp³-hybridized carbons (Fsp3) is 0.538. The molecule has 0 aliphatic heterocycles. The fourth-order valence-corrected chi connectivity index (χ4v) is 3.07. The third-order valence-electron chi connectivity index (χ3n) is 3.72. The van der Waals surface area contributed by atoms with E-state index in [0.29, 0.717) is 18.1 Å². The van der Waals surface area contributed by atoms with Gasteiger partial charge >= 0.3 is 0 Å². The van der Waals surface area contributed by atoms with Gasteiger partial charge in [0.1, 0.15) is 0 Å². The van der Waals surface area contributed by atoms with Crippen molar-refractivity contribution >= 4 is 11.3 Å². The van der Waals surface area contributed by atoms with Gasteiger partial charge in [0.15, 0.2) is 5.82 Å². The number of aryl methyl sites for hydroxylation is 1. The van der Waals surface area contributed by atoms with Crippen LogP contribution in [0.15, 0.2) is 9.90 Å². The molecule has 0 N–H and O–H groups in total. The summed E-state index contributed by atoms with van der Waals surface area (Å²) >= 11 is 1.61. The number of nitrogens with zero attached hydrogens (tertiary/aromatic N) is 4. The molecule has 1 fully saturated rings. The van der Waals surface area contributed by atoms with Crippen LogP contribution in [-0.4, -0.2) is 15.1 Å². The zero-order valence-corrected chi connectivity index (χ0v) is 11.9. The van der Waals surface area contributed by atoms with Gasteiger partial charge in [0, 0.05) is 5.38 Å². The highest BCUT2D eigenvalue weighted by molar-refractivity contribution is 7.09. The van der Waals surface area contributed by atoms with Crippen molar-refractivity contribution in [3.05, 3.63) is 27.8 Å². The largest absolute Gasteiger partial charge is 0.339 e. The molecule has 0 aromatic carbocycles. The molecule has 2 aromatic heterocycles. The van der Waals surface area contributed by atoms with Crippen molar-refractivity contribution in [2.24, 2.45) is 11.3 Å². The molecule has 3 rings (SSSR count).